The molecule has 10 heteroatoms. The predicted octanol–water partition coefficient (Wildman–Crippen LogP) is 4.18. The molecular formula is C25H22BrIN2O5S. The quantitative estimate of drug-likeness (QED) is 0.291. The fraction of sp³-hybridized carbons (Fsp3) is 0.240. The van der Waals surface area contributed by atoms with Gasteiger partial charge in [-0.1, -0.05) is 39.4 Å². The van der Waals surface area contributed by atoms with Gasteiger partial charge in [0.1, 0.15) is 0 Å². The van der Waals surface area contributed by atoms with Crippen LogP contribution in [0.4, 0.5) is 0 Å². The molecule has 0 unspecified atom stereocenters. The van der Waals surface area contributed by atoms with Gasteiger partial charge in [-0.3, -0.25) is 9.36 Å². The number of allylic oxidation sites excluding steroid dienone is 1. The number of benzene rings is 2. The first-order valence-electron chi connectivity index (χ1n) is 10.7. The summed E-state index contributed by atoms with van der Waals surface area (Å²) in [6.45, 7) is 3.70. The summed E-state index contributed by atoms with van der Waals surface area (Å²) in [5.74, 6) is 0.476. The molecule has 0 saturated heterocycles. The highest BCUT2D eigenvalue weighted by atomic mass is 127. The topological polar surface area (TPSA) is 79.1 Å². The van der Waals surface area contributed by atoms with Gasteiger partial charge in [0, 0.05) is 8.04 Å². The van der Waals surface area contributed by atoms with Gasteiger partial charge in [-0.2, -0.15) is 0 Å². The summed E-state index contributed by atoms with van der Waals surface area (Å²) in [7, 11) is 3.08. The number of ether oxygens (including phenoxy) is 3. The molecule has 1 aliphatic heterocycles. The third kappa shape index (κ3) is 4.96. The number of nitrogens with zero attached hydrogens (tertiary/aromatic N) is 2. The van der Waals surface area contributed by atoms with Gasteiger partial charge in [0.15, 0.2) is 16.3 Å². The van der Waals surface area contributed by atoms with Crippen LogP contribution in [0.25, 0.3) is 6.08 Å². The number of hydrogen-bond acceptors (Lipinski definition) is 7. The average molecular weight is 669 g/mol. The molecule has 3 aromatic rings. The van der Waals surface area contributed by atoms with Crippen molar-refractivity contribution in [3.63, 3.8) is 0 Å². The van der Waals surface area contributed by atoms with Gasteiger partial charge in [-0.15, -0.1) is 0 Å². The van der Waals surface area contributed by atoms with Crippen LogP contribution in [0.2, 0.25) is 0 Å². The lowest BCUT2D eigenvalue weighted by molar-refractivity contribution is -0.139. The largest absolute Gasteiger partial charge is 0.493 e. The Bertz CT molecular complexity index is 1530. The van der Waals surface area contributed by atoms with Crippen LogP contribution in [0.1, 0.15) is 31.0 Å². The maximum atomic E-state index is 13.7. The molecule has 0 amide bonds. The van der Waals surface area contributed by atoms with E-state index in [2.05, 4.69) is 43.5 Å². The smallest absolute Gasteiger partial charge is 0.338 e. The Morgan fingerprint density at radius 2 is 1.94 bits per heavy atom. The van der Waals surface area contributed by atoms with E-state index in [0.29, 0.717) is 42.1 Å². The Morgan fingerprint density at radius 1 is 1.23 bits per heavy atom. The van der Waals surface area contributed by atoms with Crippen LogP contribution in [0.15, 0.2) is 61.9 Å². The number of halogens is 2. The number of hydrogen-bond donors (Lipinski definition) is 0. The van der Waals surface area contributed by atoms with Crippen molar-refractivity contribution in [1.29, 1.82) is 0 Å². The minimum absolute atomic E-state index is 0.201. The van der Waals surface area contributed by atoms with Gasteiger partial charge in [0.25, 0.3) is 5.56 Å². The van der Waals surface area contributed by atoms with Gasteiger partial charge in [0.05, 0.1) is 42.7 Å². The molecule has 0 aliphatic carbocycles. The molecule has 0 fully saturated rings. The zero-order valence-corrected chi connectivity index (χ0v) is 24.0. The molecule has 1 aromatic heterocycles. The highest BCUT2D eigenvalue weighted by Crippen LogP contribution is 2.40. The molecule has 0 saturated carbocycles. The van der Waals surface area contributed by atoms with Crippen LogP contribution < -0.4 is 24.4 Å². The highest BCUT2D eigenvalue weighted by molar-refractivity contribution is 14.1. The molecule has 0 spiro atoms. The predicted molar refractivity (Wildman–Crippen MR) is 147 cm³/mol. The first-order valence-corrected chi connectivity index (χ1v) is 13.3. The number of methoxy groups -OCH3 is 2. The third-order valence-electron chi connectivity index (χ3n) is 5.46. The fourth-order valence-electron chi connectivity index (χ4n) is 3.91. The molecule has 7 nitrogen and oxygen atoms in total. The lowest BCUT2D eigenvalue weighted by Gasteiger charge is -2.26. The van der Waals surface area contributed by atoms with E-state index in [1.807, 2.05) is 30.3 Å². The highest BCUT2D eigenvalue weighted by Gasteiger charge is 2.35. The Morgan fingerprint density at radius 3 is 2.60 bits per heavy atom. The van der Waals surface area contributed by atoms with Crippen LogP contribution in [-0.4, -0.2) is 31.4 Å². The summed E-state index contributed by atoms with van der Waals surface area (Å²) in [5.41, 5.74) is 2.12. The van der Waals surface area contributed by atoms with Crippen molar-refractivity contribution in [3.8, 4) is 11.5 Å². The first-order chi connectivity index (χ1) is 16.8. The molecule has 0 bridgehead atoms. The van der Waals surface area contributed by atoms with Crippen LogP contribution in [-0.2, 0) is 9.53 Å². The Balaban J connectivity index is 2.02. The summed E-state index contributed by atoms with van der Waals surface area (Å²) < 4.78 is 20.1. The average Bonchev–Trinajstić information content (AvgIpc) is 3.12. The number of carbonyl (C=O) groups is 1. The summed E-state index contributed by atoms with van der Waals surface area (Å²) in [4.78, 5) is 32.0. The monoisotopic (exact) mass is 668 g/mol. The third-order valence-corrected chi connectivity index (χ3v) is 7.80. The number of carbonyl (C=O) groups excluding carboxylic acids is 1. The SMILES string of the molecule is CCOC(=O)C1=C(C)N=c2s/c(=C/c3cccc(I)c3)c(=O)n2[C@H]1c1cc(OC)c(OC)cc1Br. The molecule has 2 aromatic carbocycles. The van der Waals surface area contributed by atoms with E-state index in [4.69, 9.17) is 14.2 Å². The molecule has 2 heterocycles. The van der Waals surface area contributed by atoms with E-state index < -0.39 is 12.0 Å². The van der Waals surface area contributed by atoms with Crippen molar-refractivity contribution in [2.24, 2.45) is 4.99 Å². The number of fused-ring (bicyclic) bond motifs is 1. The minimum atomic E-state index is -0.766. The van der Waals surface area contributed by atoms with Crippen molar-refractivity contribution < 1.29 is 19.0 Å². The van der Waals surface area contributed by atoms with E-state index in [0.717, 1.165) is 9.13 Å². The Kier molecular flexibility index (Phi) is 7.82. The minimum Gasteiger partial charge on any atom is -0.493 e. The van der Waals surface area contributed by atoms with Crippen LogP contribution in [0.5, 0.6) is 11.5 Å². The molecule has 0 radical (unpaired) electrons. The van der Waals surface area contributed by atoms with Crippen molar-refractivity contribution in [3.05, 3.63) is 86.5 Å². The van der Waals surface area contributed by atoms with Crippen LogP contribution >= 0.6 is 49.9 Å². The molecule has 1 aliphatic rings. The lowest BCUT2D eigenvalue weighted by Crippen LogP contribution is -2.40. The fourth-order valence-corrected chi connectivity index (χ4v) is 6.07. The van der Waals surface area contributed by atoms with Crippen molar-refractivity contribution >= 4 is 61.9 Å². The summed E-state index contributed by atoms with van der Waals surface area (Å²) >= 11 is 7.13. The van der Waals surface area contributed by atoms with E-state index in [-0.39, 0.29) is 12.2 Å². The van der Waals surface area contributed by atoms with Gasteiger partial charge in [0.2, 0.25) is 0 Å². The summed E-state index contributed by atoms with van der Waals surface area (Å²) in [6.07, 6.45) is 1.84. The van der Waals surface area contributed by atoms with Crippen LogP contribution in [0.3, 0.4) is 0 Å². The van der Waals surface area contributed by atoms with Gasteiger partial charge in [-0.05, 0) is 77.9 Å². The second-order valence-electron chi connectivity index (χ2n) is 7.59. The molecular weight excluding hydrogens is 647 g/mol. The second-order valence-corrected chi connectivity index (χ2v) is 10.7. The van der Waals surface area contributed by atoms with Crippen LogP contribution in [0, 0.1) is 3.57 Å². The van der Waals surface area contributed by atoms with E-state index in [1.54, 1.807) is 37.7 Å². The number of esters is 1. The number of rotatable bonds is 6. The summed E-state index contributed by atoms with van der Waals surface area (Å²) in [6, 6.07) is 10.6. The molecule has 182 valence electrons. The molecule has 4 rings (SSSR count). The zero-order valence-electron chi connectivity index (χ0n) is 19.4. The normalized spacial score (nSPS) is 15.5. The summed E-state index contributed by atoms with van der Waals surface area (Å²) in [5, 5.41) is 0. The van der Waals surface area contributed by atoms with Crippen molar-refractivity contribution in [1.82, 2.24) is 4.57 Å². The zero-order chi connectivity index (χ0) is 25.3. The first kappa shape index (κ1) is 25.6. The second kappa shape index (κ2) is 10.7. The van der Waals surface area contributed by atoms with Gasteiger partial charge < -0.3 is 14.2 Å². The maximum absolute atomic E-state index is 13.7. The lowest BCUT2D eigenvalue weighted by atomic mass is 9.95. The molecule has 35 heavy (non-hydrogen) atoms. The Labute approximate surface area is 228 Å². The number of thiazole rings is 1. The van der Waals surface area contributed by atoms with E-state index in [1.165, 1.54) is 18.4 Å². The Hall–Kier alpha value is -2.44. The molecule has 1 atom stereocenters. The van der Waals surface area contributed by atoms with Gasteiger partial charge >= 0.3 is 5.97 Å². The van der Waals surface area contributed by atoms with Crippen molar-refractivity contribution in [2.75, 3.05) is 20.8 Å². The number of aromatic nitrogens is 1. The molecule has 0 N–H and O–H groups in total. The standard InChI is InChI=1S/C25H22BrIN2O5S/c1-5-34-24(31)21-13(2)28-25-29(22(21)16-11-18(32-3)19(33-4)12-17(16)26)23(30)20(35-25)10-14-7-6-8-15(27)9-14/h6-12,22H,5H2,1-4H3/b20-10+/t22-/m0/s1. The van der Waals surface area contributed by atoms with E-state index >= 15 is 0 Å². The van der Waals surface area contributed by atoms with Crippen molar-refractivity contribution in [2.45, 2.75) is 19.9 Å². The van der Waals surface area contributed by atoms with E-state index in [9.17, 15) is 9.59 Å². The van der Waals surface area contributed by atoms with Gasteiger partial charge in [-0.25, -0.2) is 9.79 Å². The maximum Gasteiger partial charge on any atom is 0.338 e.